The van der Waals surface area contributed by atoms with Crippen LogP contribution in [0, 0.1) is 5.41 Å². The molecule has 0 aliphatic rings. The minimum atomic E-state index is 0.536. The zero-order valence-corrected chi connectivity index (χ0v) is 11.4. The van der Waals surface area contributed by atoms with Crippen molar-refractivity contribution in [1.82, 2.24) is 5.32 Å². The van der Waals surface area contributed by atoms with Crippen LogP contribution in [-0.2, 0) is 0 Å². The van der Waals surface area contributed by atoms with Crippen LogP contribution in [0.4, 0.5) is 0 Å². The molecule has 0 spiro atoms. The molecule has 0 saturated heterocycles. The molecule has 0 aromatic heterocycles. The fourth-order valence-corrected chi connectivity index (χ4v) is 1.88. The van der Waals surface area contributed by atoms with E-state index in [-0.39, 0.29) is 0 Å². The van der Waals surface area contributed by atoms with Gasteiger partial charge in [-0.1, -0.05) is 53.4 Å². The fraction of sp³-hybridized carbons (Fsp3) is 1.00. The summed E-state index contributed by atoms with van der Waals surface area (Å²) in [5.74, 6) is 0. The van der Waals surface area contributed by atoms with Gasteiger partial charge in [0.2, 0.25) is 0 Å². The van der Waals surface area contributed by atoms with E-state index in [1.807, 2.05) is 0 Å². The number of hydrogen-bond acceptors (Lipinski definition) is 1. The van der Waals surface area contributed by atoms with Crippen molar-refractivity contribution in [1.29, 1.82) is 0 Å². The number of unbranched alkanes of at least 4 members (excludes halogenated alkanes) is 3. The lowest BCUT2D eigenvalue weighted by Crippen LogP contribution is -2.23. The molecule has 0 saturated carbocycles. The van der Waals surface area contributed by atoms with Crippen LogP contribution in [0.25, 0.3) is 0 Å². The van der Waals surface area contributed by atoms with Crippen molar-refractivity contribution in [3.63, 3.8) is 0 Å². The summed E-state index contributed by atoms with van der Waals surface area (Å²) in [6, 6.07) is 0. The Labute approximate surface area is 97.0 Å². The van der Waals surface area contributed by atoms with Crippen LogP contribution in [0.1, 0.15) is 72.6 Å². The highest BCUT2D eigenvalue weighted by molar-refractivity contribution is 4.69. The third kappa shape index (κ3) is 10.2. The van der Waals surface area contributed by atoms with Gasteiger partial charge in [0.1, 0.15) is 0 Å². The Hall–Kier alpha value is -0.0400. The van der Waals surface area contributed by atoms with E-state index in [2.05, 4.69) is 33.0 Å². The molecule has 0 radical (unpaired) electrons. The molecular weight excluding hydrogens is 182 g/mol. The lowest BCUT2D eigenvalue weighted by molar-refractivity contribution is 0.290. The third-order valence-corrected chi connectivity index (χ3v) is 3.11. The van der Waals surface area contributed by atoms with Gasteiger partial charge in [-0.15, -0.1) is 0 Å². The van der Waals surface area contributed by atoms with Crippen LogP contribution >= 0.6 is 0 Å². The topological polar surface area (TPSA) is 12.0 Å². The first-order chi connectivity index (χ1) is 7.12. The molecule has 92 valence electrons. The van der Waals surface area contributed by atoms with E-state index in [0.29, 0.717) is 5.41 Å². The Balaban J connectivity index is 3.40. The molecule has 1 N–H and O–H groups in total. The Morgan fingerprint density at radius 1 is 0.800 bits per heavy atom. The smallest absolute Gasteiger partial charge is 0.00438 e. The van der Waals surface area contributed by atoms with Crippen molar-refractivity contribution in [3.8, 4) is 0 Å². The summed E-state index contributed by atoms with van der Waals surface area (Å²) in [7, 11) is 0. The van der Waals surface area contributed by atoms with Crippen LogP contribution in [-0.4, -0.2) is 13.1 Å². The van der Waals surface area contributed by atoms with E-state index < -0.39 is 0 Å². The van der Waals surface area contributed by atoms with Gasteiger partial charge in [-0.25, -0.2) is 0 Å². The maximum Gasteiger partial charge on any atom is -0.00438 e. The molecule has 0 fully saturated rings. The summed E-state index contributed by atoms with van der Waals surface area (Å²) in [6.07, 6.45) is 9.54. The summed E-state index contributed by atoms with van der Waals surface area (Å²) in [5.41, 5.74) is 0.536. The predicted octanol–water partition coefficient (Wildman–Crippen LogP) is 4.37. The SMILES string of the molecule is CCCCCCC(C)(C)CCNCCC. The van der Waals surface area contributed by atoms with Crippen molar-refractivity contribution in [2.75, 3.05) is 13.1 Å². The van der Waals surface area contributed by atoms with Gasteiger partial charge in [0.15, 0.2) is 0 Å². The Morgan fingerprint density at radius 2 is 1.53 bits per heavy atom. The van der Waals surface area contributed by atoms with Crippen LogP contribution in [0.15, 0.2) is 0 Å². The number of hydrogen-bond donors (Lipinski definition) is 1. The highest BCUT2D eigenvalue weighted by Crippen LogP contribution is 2.27. The Bertz CT molecular complexity index is 115. The standard InChI is InChI=1S/C14H31N/c1-5-7-8-9-10-14(3,4)11-13-15-12-6-2/h15H,5-13H2,1-4H3. The highest BCUT2D eigenvalue weighted by atomic mass is 14.8. The molecule has 0 atom stereocenters. The molecule has 0 aromatic rings. The monoisotopic (exact) mass is 213 g/mol. The average molecular weight is 213 g/mol. The van der Waals surface area contributed by atoms with Crippen molar-refractivity contribution in [2.24, 2.45) is 5.41 Å². The predicted molar refractivity (Wildman–Crippen MR) is 70.3 cm³/mol. The first kappa shape index (κ1) is 15.0. The molecule has 1 nitrogen and oxygen atoms in total. The minimum Gasteiger partial charge on any atom is -0.317 e. The van der Waals surface area contributed by atoms with E-state index in [1.165, 1.54) is 58.0 Å². The fourth-order valence-electron chi connectivity index (χ4n) is 1.88. The maximum atomic E-state index is 3.49. The maximum absolute atomic E-state index is 3.49. The van der Waals surface area contributed by atoms with Gasteiger partial charge < -0.3 is 5.32 Å². The van der Waals surface area contributed by atoms with Crippen molar-refractivity contribution >= 4 is 0 Å². The summed E-state index contributed by atoms with van der Waals surface area (Å²) in [5, 5.41) is 3.49. The molecule has 15 heavy (non-hydrogen) atoms. The molecule has 1 heteroatoms. The molecule has 0 aliphatic heterocycles. The molecule has 0 heterocycles. The normalized spacial score (nSPS) is 12.0. The van der Waals surface area contributed by atoms with Gasteiger partial charge in [0.25, 0.3) is 0 Å². The van der Waals surface area contributed by atoms with Crippen LogP contribution in [0.2, 0.25) is 0 Å². The first-order valence-corrected chi connectivity index (χ1v) is 6.83. The molecule has 0 aliphatic carbocycles. The largest absolute Gasteiger partial charge is 0.317 e. The summed E-state index contributed by atoms with van der Waals surface area (Å²) >= 11 is 0. The Kier molecular flexibility index (Phi) is 9.18. The second-order valence-corrected chi connectivity index (χ2v) is 5.47. The third-order valence-electron chi connectivity index (χ3n) is 3.11. The highest BCUT2D eigenvalue weighted by Gasteiger charge is 2.16. The second kappa shape index (κ2) is 9.21. The van der Waals surface area contributed by atoms with Gasteiger partial charge in [0.05, 0.1) is 0 Å². The summed E-state index contributed by atoms with van der Waals surface area (Å²) in [6.45, 7) is 11.7. The second-order valence-electron chi connectivity index (χ2n) is 5.47. The Morgan fingerprint density at radius 3 is 2.13 bits per heavy atom. The van der Waals surface area contributed by atoms with E-state index in [0.717, 1.165) is 0 Å². The lowest BCUT2D eigenvalue weighted by atomic mass is 9.83. The zero-order chi connectivity index (χ0) is 11.6. The molecule has 0 bridgehead atoms. The zero-order valence-electron chi connectivity index (χ0n) is 11.4. The lowest BCUT2D eigenvalue weighted by Gasteiger charge is -2.24. The van der Waals surface area contributed by atoms with Crippen molar-refractivity contribution in [3.05, 3.63) is 0 Å². The first-order valence-electron chi connectivity index (χ1n) is 6.83. The van der Waals surface area contributed by atoms with Gasteiger partial charge in [-0.05, 0) is 37.8 Å². The van der Waals surface area contributed by atoms with Crippen molar-refractivity contribution < 1.29 is 0 Å². The number of rotatable bonds is 10. The van der Waals surface area contributed by atoms with E-state index in [4.69, 9.17) is 0 Å². The minimum absolute atomic E-state index is 0.536. The van der Waals surface area contributed by atoms with Crippen molar-refractivity contribution in [2.45, 2.75) is 72.6 Å². The van der Waals surface area contributed by atoms with Gasteiger partial charge in [-0.2, -0.15) is 0 Å². The average Bonchev–Trinajstić information content (AvgIpc) is 2.20. The van der Waals surface area contributed by atoms with Gasteiger partial charge in [-0.3, -0.25) is 0 Å². The van der Waals surface area contributed by atoms with E-state index in [1.54, 1.807) is 0 Å². The molecule has 0 rings (SSSR count). The molecule has 0 aromatic carbocycles. The van der Waals surface area contributed by atoms with Crippen LogP contribution in [0.5, 0.6) is 0 Å². The van der Waals surface area contributed by atoms with E-state index in [9.17, 15) is 0 Å². The molecule has 0 amide bonds. The number of nitrogens with one attached hydrogen (secondary N) is 1. The quantitative estimate of drug-likeness (QED) is 0.531. The summed E-state index contributed by atoms with van der Waals surface area (Å²) < 4.78 is 0. The van der Waals surface area contributed by atoms with Crippen LogP contribution < -0.4 is 5.32 Å². The van der Waals surface area contributed by atoms with Crippen LogP contribution in [0.3, 0.4) is 0 Å². The van der Waals surface area contributed by atoms with Gasteiger partial charge in [0, 0.05) is 0 Å². The van der Waals surface area contributed by atoms with E-state index >= 15 is 0 Å². The summed E-state index contributed by atoms with van der Waals surface area (Å²) in [4.78, 5) is 0. The molecule has 0 unspecified atom stereocenters. The molecular formula is C14H31N. The van der Waals surface area contributed by atoms with Gasteiger partial charge >= 0.3 is 0 Å².